The zero-order valence-corrected chi connectivity index (χ0v) is 13.1. The van der Waals surface area contributed by atoms with Crippen molar-refractivity contribution in [1.82, 2.24) is 0 Å². The number of nitrogens with zero attached hydrogens (tertiary/aromatic N) is 1. The summed E-state index contributed by atoms with van der Waals surface area (Å²) in [6, 6.07) is 6.99. The van der Waals surface area contributed by atoms with E-state index in [1.54, 1.807) is 0 Å². The summed E-state index contributed by atoms with van der Waals surface area (Å²) in [5, 5.41) is 11.0. The number of nitro groups is 1. The van der Waals surface area contributed by atoms with Crippen molar-refractivity contribution in [2.75, 3.05) is 12.9 Å². The van der Waals surface area contributed by atoms with Crippen molar-refractivity contribution in [3.8, 4) is 11.5 Å². The molecule has 2 aromatic carbocycles. The summed E-state index contributed by atoms with van der Waals surface area (Å²) in [4.78, 5) is 22.4. The number of nitro benzene ring substituents is 1. The molecule has 2 rings (SSSR count). The first-order chi connectivity index (χ1) is 11.4. The van der Waals surface area contributed by atoms with Crippen LogP contribution in [0, 0.1) is 21.7 Å². The normalized spacial score (nSPS) is 10.3. The van der Waals surface area contributed by atoms with Gasteiger partial charge in [0.15, 0.2) is 11.6 Å². The molecular weight excluding hydrogens is 344 g/mol. The molecule has 0 N–H and O–H groups in total. The zero-order chi connectivity index (χ0) is 17.7. The summed E-state index contributed by atoms with van der Waals surface area (Å²) < 4.78 is 35.7. The minimum absolute atomic E-state index is 0.225. The van der Waals surface area contributed by atoms with Crippen molar-refractivity contribution < 1.29 is 28.0 Å². The number of halogens is 2. The van der Waals surface area contributed by atoms with Crippen LogP contribution in [0.1, 0.15) is 0 Å². The van der Waals surface area contributed by atoms with Crippen LogP contribution in [0.3, 0.4) is 0 Å². The van der Waals surface area contributed by atoms with E-state index in [4.69, 9.17) is 9.47 Å². The maximum atomic E-state index is 13.1. The van der Waals surface area contributed by atoms with E-state index < -0.39 is 28.2 Å². The molecule has 126 valence electrons. The SMILES string of the molecule is COc1ccc(OC(=O)CSc2ccc(F)c(F)c2)c([N+](=O)[O-])c1. The maximum absolute atomic E-state index is 13.1. The number of benzene rings is 2. The van der Waals surface area contributed by atoms with E-state index in [0.717, 1.165) is 30.0 Å². The third kappa shape index (κ3) is 4.42. The first-order valence-electron chi connectivity index (χ1n) is 6.51. The van der Waals surface area contributed by atoms with Gasteiger partial charge in [-0.25, -0.2) is 8.78 Å². The summed E-state index contributed by atoms with van der Waals surface area (Å²) in [7, 11) is 1.35. The van der Waals surface area contributed by atoms with Crippen molar-refractivity contribution >= 4 is 23.4 Å². The molecule has 0 radical (unpaired) electrons. The molecule has 0 aliphatic carbocycles. The second kappa shape index (κ2) is 7.73. The number of ether oxygens (including phenoxy) is 2. The molecule has 0 bridgehead atoms. The number of hydrogen-bond acceptors (Lipinski definition) is 6. The average Bonchev–Trinajstić information content (AvgIpc) is 2.56. The van der Waals surface area contributed by atoms with Gasteiger partial charge in [0.25, 0.3) is 0 Å². The Hall–Kier alpha value is -2.68. The second-order valence-electron chi connectivity index (χ2n) is 4.43. The molecule has 9 heteroatoms. The molecule has 0 unspecified atom stereocenters. The van der Waals surface area contributed by atoms with Crippen LogP contribution in [0.2, 0.25) is 0 Å². The molecular formula is C15H11F2NO5S. The first kappa shape index (κ1) is 17.7. The molecule has 0 saturated heterocycles. The van der Waals surface area contributed by atoms with Crippen molar-refractivity contribution in [1.29, 1.82) is 0 Å². The van der Waals surface area contributed by atoms with E-state index in [1.165, 1.54) is 25.3 Å². The fourth-order valence-electron chi connectivity index (χ4n) is 1.71. The number of carbonyl (C=O) groups is 1. The van der Waals surface area contributed by atoms with Gasteiger partial charge in [-0.15, -0.1) is 11.8 Å². The molecule has 0 spiro atoms. The van der Waals surface area contributed by atoms with Gasteiger partial charge in [-0.2, -0.15) is 0 Å². The Morgan fingerprint density at radius 3 is 2.58 bits per heavy atom. The second-order valence-corrected chi connectivity index (χ2v) is 5.48. The molecule has 0 heterocycles. The Labute approximate surface area is 139 Å². The number of esters is 1. The molecule has 0 fully saturated rings. The monoisotopic (exact) mass is 355 g/mol. The first-order valence-corrected chi connectivity index (χ1v) is 7.50. The smallest absolute Gasteiger partial charge is 0.321 e. The predicted molar refractivity (Wildman–Crippen MR) is 82.4 cm³/mol. The Morgan fingerprint density at radius 2 is 1.96 bits per heavy atom. The standard InChI is InChI=1S/C15H11F2NO5S/c1-22-9-2-5-14(13(6-9)18(20)21)23-15(19)8-24-10-3-4-11(16)12(17)7-10/h2-7H,8H2,1H3. The molecule has 0 aliphatic rings. The summed E-state index contributed by atoms with van der Waals surface area (Å²) in [5.41, 5.74) is -0.416. The van der Waals surface area contributed by atoms with Gasteiger partial charge in [0.2, 0.25) is 5.75 Å². The lowest BCUT2D eigenvalue weighted by Gasteiger charge is -2.07. The minimum atomic E-state index is -1.03. The number of rotatable bonds is 6. The molecule has 0 aliphatic heterocycles. The zero-order valence-electron chi connectivity index (χ0n) is 12.3. The van der Waals surface area contributed by atoms with Gasteiger partial charge < -0.3 is 9.47 Å². The van der Waals surface area contributed by atoms with Crippen LogP contribution in [-0.2, 0) is 4.79 Å². The highest BCUT2D eigenvalue weighted by atomic mass is 32.2. The number of thioether (sulfide) groups is 1. The highest BCUT2D eigenvalue weighted by Gasteiger charge is 2.19. The van der Waals surface area contributed by atoms with E-state index in [2.05, 4.69) is 0 Å². The van der Waals surface area contributed by atoms with Gasteiger partial charge in [-0.3, -0.25) is 14.9 Å². The fourth-order valence-corrected chi connectivity index (χ4v) is 2.41. The Balaban J connectivity index is 2.04. The van der Waals surface area contributed by atoms with E-state index in [1.807, 2.05) is 0 Å². The lowest BCUT2D eigenvalue weighted by molar-refractivity contribution is -0.385. The van der Waals surface area contributed by atoms with Crippen molar-refractivity contribution in [2.45, 2.75) is 4.90 Å². The van der Waals surface area contributed by atoms with Gasteiger partial charge >= 0.3 is 11.7 Å². The summed E-state index contributed by atoms with van der Waals surface area (Å²) >= 11 is 0.917. The molecule has 2 aromatic rings. The Morgan fingerprint density at radius 1 is 1.21 bits per heavy atom. The Bertz CT molecular complexity index is 784. The summed E-state index contributed by atoms with van der Waals surface area (Å²) in [6.07, 6.45) is 0. The van der Waals surface area contributed by atoms with Crippen LogP contribution in [-0.4, -0.2) is 23.8 Å². The molecule has 6 nitrogen and oxygen atoms in total. The maximum Gasteiger partial charge on any atom is 0.321 e. The van der Waals surface area contributed by atoms with Crippen LogP contribution in [0.4, 0.5) is 14.5 Å². The van der Waals surface area contributed by atoms with Crippen LogP contribution in [0.15, 0.2) is 41.3 Å². The summed E-state index contributed by atoms with van der Waals surface area (Å²) in [5.74, 6) is -2.99. The quantitative estimate of drug-likeness (QED) is 0.259. The van der Waals surface area contributed by atoms with Crippen LogP contribution >= 0.6 is 11.8 Å². The van der Waals surface area contributed by atoms with E-state index in [-0.39, 0.29) is 17.3 Å². The van der Waals surface area contributed by atoms with E-state index >= 15 is 0 Å². The highest BCUT2D eigenvalue weighted by molar-refractivity contribution is 8.00. The minimum Gasteiger partial charge on any atom is -0.496 e. The third-order valence-electron chi connectivity index (χ3n) is 2.83. The predicted octanol–water partition coefficient (Wildman–Crippen LogP) is 3.58. The molecule has 0 atom stereocenters. The Kier molecular flexibility index (Phi) is 5.69. The van der Waals surface area contributed by atoms with Crippen molar-refractivity contribution in [3.63, 3.8) is 0 Å². The van der Waals surface area contributed by atoms with Gasteiger partial charge in [-0.1, -0.05) is 0 Å². The van der Waals surface area contributed by atoms with E-state index in [9.17, 15) is 23.7 Å². The van der Waals surface area contributed by atoms with Gasteiger partial charge in [0.1, 0.15) is 5.75 Å². The third-order valence-corrected chi connectivity index (χ3v) is 3.80. The van der Waals surface area contributed by atoms with Crippen molar-refractivity contribution in [3.05, 3.63) is 58.1 Å². The van der Waals surface area contributed by atoms with E-state index in [0.29, 0.717) is 4.90 Å². The van der Waals surface area contributed by atoms with Crippen molar-refractivity contribution in [2.24, 2.45) is 0 Å². The van der Waals surface area contributed by atoms with Gasteiger partial charge in [0.05, 0.1) is 23.9 Å². The summed E-state index contributed by atoms with van der Waals surface area (Å²) in [6.45, 7) is 0. The molecule has 0 aromatic heterocycles. The van der Waals surface area contributed by atoms with Gasteiger partial charge in [-0.05, 0) is 30.3 Å². The lowest BCUT2D eigenvalue weighted by Crippen LogP contribution is -2.11. The van der Waals surface area contributed by atoms with Crippen LogP contribution < -0.4 is 9.47 Å². The molecule has 0 amide bonds. The van der Waals surface area contributed by atoms with Gasteiger partial charge in [0, 0.05) is 4.90 Å². The lowest BCUT2D eigenvalue weighted by atomic mass is 10.3. The number of methoxy groups -OCH3 is 1. The van der Waals surface area contributed by atoms with Crippen LogP contribution in [0.25, 0.3) is 0 Å². The number of carbonyl (C=O) groups excluding carboxylic acids is 1. The highest BCUT2D eigenvalue weighted by Crippen LogP contribution is 2.31. The fraction of sp³-hybridized carbons (Fsp3) is 0.133. The largest absolute Gasteiger partial charge is 0.496 e. The average molecular weight is 355 g/mol. The topological polar surface area (TPSA) is 78.7 Å². The number of hydrogen-bond donors (Lipinski definition) is 0. The molecule has 24 heavy (non-hydrogen) atoms. The van der Waals surface area contributed by atoms with Crippen LogP contribution in [0.5, 0.6) is 11.5 Å². The molecule has 0 saturated carbocycles.